The average molecular weight is 352 g/mol. The van der Waals surface area contributed by atoms with Gasteiger partial charge in [0.2, 0.25) is 5.91 Å². The van der Waals surface area contributed by atoms with Crippen LogP contribution < -0.4 is 10.6 Å². The molecule has 1 aliphatic rings. The number of rotatable bonds is 4. The van der Waals surface area contributed by atoms with Crippen LogP contribution in [0.15, 0.2) is 53.2 Å². The highest BCUT2D eigenvalue weighted by Crippen LogP contribution is 2.22. The number of carbonyl (C=O) groups excluding carboxylic acids is 2. The summed E-state index contributed by atoms with van der Waals surface area (Å²) in [6, 6.07) is 14.2. The molecule has 3 aromatic rings. The SMILES string of the molecule is O=C1CO[C@H](C(=O)NCc2ccc3nonc3c2)[C@@H](c2ccccc2)N1. The summed E-state index contributed by atoms with van der Waals surface area (Å²) in [4.78, 5) is 24.3. The minimum Gasteiger partial charge on any atom is -0.356 e. The first-order valence-corrected chi connectivity index (χ1v) is 8.15. The third kappa shape index (κ3) is 3.27. The van der Waals surface area contributed by atoms with E-state index in [1.807, 2.05) is 36.4 Å². The smallest absolute Gasteiger partial charge is 0.251 e. The van der Waals surface area contributed by atoms with Gasteiger partial charge in [0, 0.05) is 6.54 Å². The molecule has 0 spiro atoms. The van der Waals surface area contributed by atoms with Gasteiger partial charge < -0.3 is 15.4 Å². The predicted octanol–water partition coefficient (Wildman–Crippen LogP) is 1.10. The second-order valence-electron chi connectivity index (χ2n) is 5.99. The maximum Gasteiger partial charge on any atom is 0.251 e. The molecule has 1 saturated heterocycles. The number of morpholine rings is 1. The van der Waals surface area contributed by atoms with Gasteiger partial charge >= 0.3 is 0 Å². The van der Waals surface area contributed by atoms with Crippen LogP contribution in [0.25, 0.3) is 11.0 Å². The fourth-order valence-electron chi connectivity index (χ4n) is 2.93. The molecular formula is C18H16N4O4. The van der Waals surface area contributed by atoms with Crippen molar-refractivity contribution in [1.29, 1.82) is 0 Å². The monoisotopic (exact) mass is 352 g/mol. The van der Waals surface area contributed by atoms with Gasteiger partial charge in [-0.15, -0.1) is 0 Å². The maximum absolute atomic E-state index is 12.6. The molecule has 26 heavy (non-hydrogen) atoms. The predicted molar refractivity (Wildman–Crippen MR) is 90.7 cm³/mol. The van der Waals surface area contributed by atoms with Crippen molar-refractivity contribution >= 4 is 22.8 Å². The molecule has 0 bridgehead atoms. The summed E-state index contributed by atoms with van der Waals surface area (Å²) in [6.45, 7) is 0.162. The normalized spacial score (nSPS) is 19.9. The minimum atomic E-state index is -0.799. The van der Waals surface area contributed by atoms with Crippen molar-refractivity contribution in [3.8, 4) is 0 Å². The highest BCUT2D eigenvalue weighted by Gasteiger charge is 2.35. The van der Waals surface area contributed by atoms with Crippen molar-refractivity contribution in [2.24, 2.45) is 0 Å². The molecule has 0 unspecified atom stereocenters. The van der Waals surface area contributed by atoms with Gasteiger partial charge in [0.1, 0.15) is 17.6 Å². The number of benzene rings is 2. The third-order valence-corrected chi connectivity index (χ3v) is 4.22. The first-order valence-electron chi connectivity index (χ1n) is 8.15. The Kier molecular flexibility index (Phi) is 4.32. The Bertz CT molecular complexity index is 941. The van der Waals surface area contributed by atoms with Crippen LogP contribution in [0.3, 0.4) is 0 Å². The van der Waals surface area contributed by atoms with Crippen molar-refractivity contribution in [3.63, 3.8) is 0 Å². The number of fused-ring (bicyclic) bond motifs is 1. The Morgan fingerprint density at radius 2 is 1.96 bits per heavy atom. The Labute approximate surface area is 148 Å². The van der Waals surface area contributed by atoms with Gasteiger partial charge in [-0.25, -0.2) is 4.63 Å². The molecule has 8 heteroatoms. The van der Waals surface area contributed by atoms with Crippen molar-refractivity contribution in [3.05, 3.63) is 59.7 Å². The van der Waals surface area contributed by atoms with Gasteiger partial charge in [-0.3, -0.25) is 9.59 Å². The Morgan fingerprint density at radius 1 is 1.15 bits per heavy atom. The van der Waals surface area contributed by atoms with Gasteiger partial charge in [-0.05, 0) is 33.6 Å². The van der Waals surface area contributed by atoms with Crippen molar-refractivity contribution in [2.45, 2.75) is 18.7 Å². The van der Waals surface area contributed by atoms with E-state index < -0.39 is 12.1 Å². The van der Waals surface area contributed by atoms with Gasteiger partial charge in [0.25, 0.3) is 5.91 Å². The number of aromatic nitrogens is 2. The van der Waals surface area contributed by atoms with E-state index in [-0.39, 0.29) is 18.4 Å². The zero-order valence-corrected chi connectivity index (χ0v) is 13.7. The summed E-state index contributed by atoms with van der Waals surface area (Å²) in [5, 5.41) is 13.2. The first-order chi connectivity index (χ1) is 12.7. The van der Waals surface area contributed by atoms with Gasteiger partial charge in [-0.1, -0.05) is 36.4 Å². The van der Waals surface area contributed by atoms with Crippen LogP contribution in [-0.4, -0.2) is 34.8 Å². The topological polar surface area (TPSA) is 106 Å². The first kappa shape index (κ1) is 16.2. The van der Waals surface area contributed by atoms with E-state index in [4.69, 9.17) is 4.74 Å². The molecule has 2 amide bonds. The Morgan fingerprint density at radius 3 is 2.81 bits per heavy atom. The quantitative estimate of drug-likeness (QED) is 0.728. The molecule has 8 nitrogen and oxygen atoms in total. The van der Waals surface area contributed by atoms with Crippen LogP contribution in [0, 0.1) is 0 Å². The number of hydrogen-bond donors (Lipinski definition) is 2. The maximum atomic E-state index is 12.6. The highest BCUT2D eigenvalue weighted by molar-refractivity contribution is 5.86. The molecule has 0 saturated carbocycles. The van der Waals surface area contributed by atoms with Crippen LogP contribution in [-0.2, 0) is 20.9 Å². The lowest BCUT2D eigenvalue weighted by atomic mass is 9.99. The standard InChI is InChI=1S/C18H16N4O4/c23-15-10-25-17(16(20-15)12-4-2-1-3-5-12)18(24)19-9-11-6-7-13-14(8-11)22-26-21-13/h1-8,16-17H,9-10H2,(H,19,24)(H,20,23)/t16-,17+/m1/s1. The third-order valence-electron chi connectivity index (χ3n) is 4.22. The number of amides is 2. The molecule has 2 N–H and O–H groups in total. The molecule has 1 aliphatic heterocycles. The van der Waals surface area contributed by atoms with Crippen LogP contribution in [0.1, 0.15) is 17.2 Å². The van der Waals surface area contributed by atoms with Gasteiger partial charge in [0.15, 0.2) is 6.10 Å². The number of hydrogen-bond acceptors (Lipinski definition) is 6. The van der Waals surface area contributed by atoms with Crippen LogP contribution in [0.2, 0.25) is 0 Å². The lowest BCUT2D eigenvalue weighted by molar-refractivity contribution is -0.148. The van der Waals surface area contributed by atoms with E-state index in [2.05, 4.69) is 25.6 Å². The Balaban J connectivity index is 1.47. The fraction of sp³-hybridized carbons (Fsp3) is 0.222. The number of nitrogens with one attached hydrogen (secondary N) is 2. The van der Waals surface area contributed by atoms with Crippen LogP contribution in [0.4, 0.5) is 0 Å². The summed E-state index contributed by atoms with van der Waals surface area (Å²) in [5.41, 5.74) is 2.95. The van der Waals surface area contributed by atoms with E-state index in [1.165, 1.54) is 0 Å². The summed E-state index contributed by atoms with van der Waals surface area (Å²) in [6.07, 6.45) is -0.799. The summed E-state index contributed by atoms with van der Waals surface area (Å²) in [5.74, 6) is -0.538. The summed E-state index contributed by atoms with van der Waals surface area (Å²) < 4.78 is 10.2. The van der Waals surface area contributed by atoms with Crippen molar-refractivity contribution in [1.82, 2.24) is 20.9 Å². The van der Waals surface area contributed by atoms with E-state index in [1.54, 1.807) is 12.1 Å². The highest BCUT2D eigenvalue weighted by atomic mass is 16.6. The molecule has 4 rings (SSSR count). The minimum absolute atomic E-state index is 0.141. The van der Waals surface area contributed by atoms with E-state index in [0.29, 0.717) is 17.6 Å². The zero-order chi connectivity index (χ0) is 17.9. The number of nitrogens with zero attached hydrogens (tertiary/aromatic N) is 2. The van der Waals surface area contributed by atoms with Gasteiger partial charge in [0.05, 0.1) is 6.04 Å². The summed E-state index contributed by atoms with van der Waals surface area (Å²) in [7, 11) is 0. The largest absolute Gasteiger partial charge is 0.356 e. The van der Waals surface area contributed by atoms with Crippen molar-refractivity contribution < 1.29 is 19.0 Å². The molecule has 132 valence electrons. The van der Waals surface area contributed by atoms with Crippen molar-refractivity contribution in [2.75, 3.05) is 6.61 Å². The second-order valence-corrected chi connectivity index (χ2v) is 5.99. The van der Waals surface area contributed by atoms with E-state index in [0.717, 1.165) is 11.1 Å². The number of ether oxygens (including phenoxy) is 1. The molecule has 0 aliphatic carbocycles. The Hall–Kier alpha value is -3.26. The lowest BCUT2D eigenvalue weighted by Gasteiger charge is -2.31. The van der Waals surface area contributed by atoms with Crippen LogP contribution in [0.5, 0.6) is 0 Å². The second kappa shape index (κ2) is 6.93. The fourth-order valence-corrected chi connectivity index (χ4v) is 2.93. The zero-order valence-electron chi connectivity index (χ0n) is 13.7. The van der Waals surface area contributed by atoms with E-state index in [9.17, 15) is 9.59 Å². The summed E-state index contributed by atoms with van der Waals surface area (Å²) >= 11 is 0. The molecule has 1 fully saturated rings. The molecular weight excluding hydrogens is 336 g/mol. The molecule has 0 radical (unpaired) electrons. The number of carbonyl (C=O) groups is 2. The van der Waals surface area contributed by atoms with E-state index >= 15 is 0 Å². The van der Waals surface area contributed by atoms with Gasteiger partial charge in [-0.2, -0.15) is 0 Å². The van der Waals surface area contributed by atoms with Crippen LogP contribution >= 0.6 is 0 Å². The molecule has 1 aromatic heterocycles. The molecule has 2 aromatic carbocycles. The lowest BCUT2D eigenvalue weighted by Crippen LogP contribution is -2.52. The average Bonchev–Trinajstić information content (AvgIpc) is 3.14. The molecule has 2 atom stereocenters. The molecule has 2 heterocycles.